The van der Waals surface area contributed by atoms with E-state index < -0.39 is 0 Å². The van der Waals surface area contributed by atoms with Gasteiger partial charge in [-0.2, -0.15) is 0 Å². The number of amidine groups is 1. The Morgan fingerprint density at radius 1 is 1.19 bits per heavy atom. The van der Waals surface area contributed by atoms with Crippen LogP contribution in [0.15, 0.2) is 30.3 Å². The van der Waals surface area contributed by atoms with Crippen LogP contribution >= 0.6 is 0 Å². The van der Waals surface area contributed by atoms with E-state index in [9.17, 15) is 0 Å². The van der Waals surface area contributed by atoms with Crippen LogP contribution < -0.4 is 0 Å². The van der Waals surface area contributed by atoms with E-state index in [0.29, 0.717) is 6.04 Å². The summed E-state index contributed by atoms with van der Waals surface area (Å²) in [6.45, 7) is 9.18. The first-order chi connectivity index (χ1) is 7.77. The van der Waals surface area contributed by atoms with Crippen LogP contribution in [0.3, 0.4) is 0 Å². The predicted molar refractivity (Wildman–Crippen MR) is 72.0 cm³/mol. The Morgan fingerprint density at radius 2 is 1.75 bits per heavy atom. The van der Waals surface area contributed by atoms with Crippen molar-refractivity contribution in [2.24, 2.45) is 4.99 Å². The van der Waals surface area contributed by atoms with Crippen LogP contribution in [0.1, 0.15) is 32.1 Å². The standard InChI is InChI=1S/C13H21N2Se/c1-3-10-15(11-4-2)13(16)14-12-8-6-5-7-9-12/h3-4,12H,1-2,5-11H2. The van der Waals surface area contributed by atoms with Gasteiger partial charge < -0.3 is 0 Å². The van der Waals surface area contributed by atoms with Gasteiger partial charge in [0.05, 0.1) is 0 Å². The third-order valence-electron chi connectivity index (χ3n) is 2.84. The van der Waals surface area contributed by atoms with Gasteiger partial charge in [0, 0.05) is 0 Å². The number of nitrogens with zero attached hydrogens (tertiary/aromatic N) is 2. The van der Waals surface area contributed by atoms with Crippen LogP contribution in [0.25, 0.3) is 0 Å². The van der Waals surface area contributed by atoms with Gasteiger partial charge in [-0.15, -0.1) is 0 Å². The van der Waals surface area contributed by atoms with E-state index in [1.54, 1.807) is 0 Å². The third kappa shape index (κ3) is 4.54. The molecule has 1 aliphatic rings. The van der Waals surface area contributed by atoms with Crippen molar-refractivity contribution in [1.29, 1.82) is 0 Å². The fourth-order valence-electron chi connectivity index (χ4n) is 1.99. The van der Waals surface area contributed by atoms with Crippen LogP contribution in [0.4, 0.5) is 0 Å². The molecule has 16 heavy (non-hydrogen) atoms. The molecular weight excluding hydrogens is 263 g/mol. The van der Waals surface area contributed by atoms with Gasteiger partial charge in [-0.25, -0.2) is 0 Å². The summed E-state index contributed by atoms with van der Waals surface area (Å²) >= 11 is 3.07. The fraction of sp³-hybridized carbons (Fsp3) is 0.615. The molecule has 2 nitrogen and oxygen atoms in total. The molecule has 1 saturated carbocycles. The average molecular weight is 284 g/mol. The summed E-state index contributed by atoms with van der Waals surface area (Å²) in [5, 5.41) is 0. The first-order valence-electron chi connectivity index (χ1n) is 5.99. The summed E-state index contributed by atoms with van der Waals surface area (Å²) in [6.07, 6.45) is 10.3. The summed E-state index contributed by atoms with van der Waals surface area (Å²) in [6, 6.07) is 0.516. The second-order valence-corrected chi connectivity index (χ2v) is 4.95. The molecule has 0 aliphatic heterocycles. The van der Waals surface area contributed by atoms with Gasteiger partial charge in [0.2, 0.25) is 0 Å². The average Bonchev–Trinajstić information content (AvgIpc) is 2.30. The molecule has 1 radical (unpaired) electrons. The Hall–Kier alpha value is -0.531. The van der Waals surface area contributed by atoms with E-state index in [2.05, 4.69) is 34.1 Å². The molecule has 0 aromatic heterocycles. The molecular formula is C13H21N2Se. The summed E-state index contributed by atoms with van der Waals surface area (Å²) in [4.78, 5) is 6.93. The molecule has 89 valence electrons. The van der Waals surface area contributed by atoms with E-state index in [1.807, 2.05) is 12.2 Å². The van der Waals surface area contributed by atoms with Crippen molar-refractivity contribution in [2.45, 2.75) is 38.1 Å². The minimum absolute atomic E-state index is 0.516. The maximum absolute atomic E-state index is 4.77. The van der Waals surface area contributed by atoms with Gasteiger partial charge in [-0.3, -0.25) is 0 Å². The molecule has 1 rings (SSSR count). The summed E-state index contributed by atoms with van der Waals surface area (Å²) in [5.41, 5.74) is 0. The second-order valence-electron chi connectivity index (χ2n) is 4.19. The van der Waals surface area contributed by atoms with Crippen molar-refractivity contribution in [3.05, 3.63) is 25.3 Å². The van der Waals surface area contributed by atoms with Gasteiger partial charge in [-0.05, 0) is 0 Å². The Morgan fingerprint density at radius 3 is 2.25 bits per heavy atom. The van der Waals surface area contributed by atoms with Crippen LogP contribution in [-0.2, 0) is 0 Å². The zero-order chi connectivity index (χ0) is 11.8. The van der Waals surface area contributed by atoms with Crippen molar-refractivity contribution in [3.8, 4) is 0 Å². The second kappa shape index (κ2) is 7.70. The topological polar surface area (TPSA) is 15.6 Å². The van der Waals surface area contributed by atoms with Gasteiger partial charge in [0.15, 0.2) is 0 Å². The third-order valence-corrected chi connectivity index (χ3v) is 3.60. The Balaban J connectivity index is 2.55. The summed E-state index contributed by atoms with van der Waals surface area (Å²) in [5.74, 6) is 0. The molecule has 1 fully saturated rings. The normalized spacial score (nSPS) is 18.1. The van der Waals surface area contributed by atoms with Gasteiger partial charge in [0.25, 0.3) is 0 Å². The molecule has 3 heteroatoms. The first-order valence-corrected chi connectivity index (χ1v) is 6.85. The SMILES string of the molecule is C=CCN(CC=C)C([Se])=NC1CCCCC1. The molecule has 0 spiro atoms. The number of aliphatic imine (C=N–C) groups is 1. The Bertz CT molecular complexity index is 245. The van der Waals surface area contributed by atoms with Crippen molar-refractivity contribution < 1.29 is 0 Å². The minimum atomic E-state index is 0.516. The first kappa shape index (κ1) is 13.5. The van der Waals surface area contributed by atoms with E-state index in [0.717, 1.165) is 17.8 Å². The predicted octanol–water partition coefficient (Wildman–Crippen LogP) is 2.52. The molecule has 0 heterocycles. The van der Waals surface area contributed by atoms with Crippen LogP contribution in [0.5, 0.6) is 0 Å². The molecule has 0 aromatic rings. The summed E-state index contributed by atoms with van der Waals surface area (Å²) < 4.78 is 1.01. The van der Waals surface area contributed by atoms with Crippen molar-refractivity contribution in [2.75, 3.05) is 13.1 Å². The monoisotopic (exact) mass is 285 g/mol. The van der Waals surface area contributed by atoms with Crippen LogP contribution in [-0.4, -0.2) is 44.8 Å². The van der Waals surface area contributed by atoms with Crippen molar-refractivity contribution in [3.63, 3.8) is 0 Å². The van der Waals surface area contributed by atoms with E-state index >= 15 is 0 Å². The van der Waals surface area contributed by atoms with Gasteiger partial charge in [0.1, 0.15) is 0 Å². The van der Waals surface area contributed by atoms with E-state index in [4.69, 9.17) is 4.99 Å². The molecule has 1 aliphatic carbocycles. The van der Waals surface area contributed by atoms with Crippen molar-refractivity contribution in [1.82, 2.24) is 4.90 Å². The van der Waals surface area contributed by atoms with Crippen LogP contribution in [0.2, 0.25) is 0 Å². The molecule has 0 unspecified atom stereocenters. The number of rotatable bonds is 5. The van der Waals surface area contributed by atoms with Crippen molar-refractivity contribution >= 4 is 20.7 Å². The van der Waals surface area contributed by atoms with Gasteiger partial charge in [-0.1, -0.05) is 0 Å². The van der Waals surface area contributed by atoms with Gasteiger partial charge >= 0.3 is 107 Å². The zero-order valence-corrected chi connectivity index (χ0v) is 11.6. The Labute approximate surface area is 107 Å². The fourth-order valence-corrected chi connectivity index (χ4v) is 2.62. The molecule has 0 atom stereocenters. The van der Waals surface area contributed by atoms with Crippen LogP contribution in [0, 0.1) is 0 Å². The summed E-state index contributed by atoms with van der Waals surface area (Å²) in [7, 11) is 0. The number of hydrogen-bond acceptors (Lipinski definition) is 1. The van der Waals surface area contributed by atoms with E-state index in [-0.39, 0.29) is 0 Å². The quantitative estimate of drug-likeness (QED) is 0.328. The zero-order valence-electron chi connectivity index (χ0n) is 9.90. The molecule has 0 aromatic carbocycles. The molecule has 0 saturated heterocycles. The Kier molecular flexibility index (Phi) is 6.51. The maximum atomic E-state index is 4.77. The van der Waals surface area contributed by atoms with E-state index in [1.165, 1.54) is 32.1 Å². The molecule has 0 bridgehead atoms. The molecule has 0 N–H and O–H groups in total. The molecule has 0 amide bonds. The number of hydrogen-bond donors (Lipinski definition) is 0.